The van der Waals surface area contributed by atoms with Gasteiger partial charge in [-0.2, -0.15) is 0 Å². The summed E-state index contributed by atoms with van der Waals surface area (Å²) in [6.45, 7) is 12.0. The summed E-state index contributed by atoms with van der Waals surface area (Å²) in [5.74, 6) is 0.759. The van der Waals surface area contributed by atoms with E-state index in [-0.39, 0.29) is 11.4 Å². The summed E-state index contributed by atoms with van der Waals surface area (Å²) >= 11 is 0. The molecule has 0 unspecified atom stereocenters. The molecule has 2 aliphatic heterocycles. The van der Waals surface area contributed by atoms with Crippen molar-refractivity contribution in [2.75, 3.05) is 39.3 Å². The first kappa shape index (κ1) is 20.7. The minimum atomic E-state index is -0.295. The number of aromatic nitrogens is 2. The average Bonchev–Trinajstić information content (AvgIpc) is 3.19. The van der Waals surface area contributed by atoms with Gasteiger partial charge in [-0.1, -0.05) is 12.7 Å². The number of benzene rings is 1. The number of hydrogen-bond donors (Lipinski definition) is 0. The number of amidine groups is 1. The highest BCUT2D eigenvalue weighted by atomic mass is 19.1. The Morgan fingerprint density at radius 1 is 1.00 bits per heavy atom. The van der Waals surface area contributed by atoms with Crippen molar-refractivity contribution in [1.82, 2.24) is 18.8 Å². The summed E-state index contributed by atoms with van der Waals surface area (Å²) in [6.07, 6.45) is 4.97. The normalized spacial score (nSPS) is 17.5. The molecule has 0 spiro atoms. The molecule has 1 fully saturated rings. The highest BCUT2D eigenvalue weighted by molar-refractivity contribution is 5.94. The molecule has 1 aromatic carbocycles. The number of hydrogen-bond acceptors (Lipinski definition) is 4. The zero-order chi connectivity index (χ0) is 22.2. The third-order valence-electron chi connectivity index (χ3n) is 6.47. The zero-order valence-corrected chi connectivity index (χ0v) is 18.4. The summed E-state index contributed by atoms with van der Waals surface area (Å²) in [7, 11) is 0. The van der Waals surface area contributed by atoms with E-state index < -0.39 is 0 Å². The summed E-state index contributed by atoms with van der Waals surface area (Å²) < 4.78 is 17.6. The standard InChI is InChI=1S/C25H28FN5O/c1-18-4-9-24(27-17-18)29-14-12-28(13-15-29)10-3-11-30-21-8-6-20(26)16-23(21)31-19(2)5-7-22(31)25(30)32/h4-9,16H,1,3,10-15,17H2,2H3. The molecule has 0 amide bonds. The van der Waals surface area contributed by atoms with Gasteiger partial charge in [0.2, 0.25) is 0 Å². The Labute approximate surface area is 186 Å². The lowest BCUT2D eigenvalue weighted by Gasteiger charge is -2.36. The number of halogens is 1. The zero-order valence-electron chi connectivity index (χ0n) is 18.4. The molecule has 2 aliphatic rings. The van der Waals surface area contributed by atoms with Gasteiger partial charge in [-0.25, -0.2) is 4.39 Å². The van der Waals surface area contributed by atoms with Crippen molar-refractivity contribution in [3.63, 3.8) is 0 Å². The molecule has 166 valence electrons. The van der Waals surface area contributed by atoms with Crippen LogP contribution in [0, 0.1) is 12.7 Å². The number of rotatable bonds is 4. The predicted octanol–water partition coefficient (Wildman–Crippen LogP) is 3.23. The van der Waals surface area contributed by atoms with Gasteiger partial charge in [-0.3, -0.25) is 14.7 Å². The monoisotopic (exact) mass is 433 g/mol. The SMILES string of the molecule is C=C1C=CC(N2CCN(CCCn3c(=O)c4ccc(C)n4c4cc(F)ccc43)CC2)=NC1. The summed E-state index contributed by atoms with van der Waals surface area (Å²) in [5.41, 5.74) is 4.06. The van der Waals surface area contributed by atoms with Gasteiger partial charge in [0.15, 0.2) is 0 Å². The van der Waals surface area contributed by atoms with Crippen molar-refractivity contribution in [1.29, 1.82) is 0 Å². The Balaban J connectivity index is 1.27. The maximum atomic E-state index is 14.0. The molecule has 3 aromatic rings. The van der Waals surface area contributed by atoms with Gasteiger partial charge in [0.25, 0.3) is 5.56 Å². The second-order valence-electron chi connectivity index (χ2n) is 8.63. The van der Waals surface area contributed by atoms with Crippen LogP contribution in [-0.2, 0) is 6.54 Å². The van der Waals surface area contributed by atoms with E-state index in [0.29, 0.717) is 18.6 Å². The number of fused-ring (bicyclic) bond motifs is 3. The first-order chi connectivity index (χ1) is 15.5. The Kier molecular flexibility index (Phi) is 5.43. The van der Waals surface area contributed by atoms with Gasteiger partial charge in [-0.05, 0) is 61.9 Å². The summed E-state index contributed by atoms with van der Waals surface area (Å²) in [6, 6.07) is 8.40. The van der Waals surface area contributed by atoms with Gasteiger partial charge in [0.05, 0.1) is 17.6 Å². The van der Waals surface area contributed by atoms with Crippen LogP contribution in [0.1, 0.15) is 12.1 Å². The molecule has 1 saturated heterocycles. The fraction of sp³-hybridized carbons (Fsp3) is 0.360. The third-order valence-corrected chi connectivity index (χ3v) is 6.47. The van der Waals surface area contributed by atoms with Gasteiger partial charge < -0.3 is 13.9 Å². The Bertz CT molecular complexity index is 1310. The lowest BCUT2D eigenvalue weighted by molar-refractivity contribution is 0.179. The molecule has 7 heteroatoms. The van der Waals surface area contributed by atoms with Crippen LogP contribution < -0.4 is 5.56 Å². The minimum absolute atomic E-state index is 0.0225. The van der Waals surface area contributed by atoms with E-state index in [2.05, 4.69) is 27.4 Å². The van der Waals surface area contributed by atoms with Crippen LogP contribution in [0.3, 0.4) is 0 Å². The fourth-order valence-corrected chi connectivity index (χ4v) is 4.74. The Hall–Kier alpha value is -3.19. The molecule has 32 heavy (non-hydrogen) atoms. The van der Waals surface area contributed by atoms with Gasteiger partial charge in [0.1, 0.15) is 17.2 Å². The van der Waals surface area contributed by atoms with Crippen molar-refractivity contribution in [3.8, 4) is 0 Å². The third kappa shape index (κ3) is 3.77. The molecule has 2 aromatic heterocycles. The Morgan fingerprint density at radius 2 is 1.78 bits per heavy atom. The molecule has 4 heterocycles. The van der Waals surface area contributed by atoms with Crippen molar-refractivity contribution in [2.45, 2.75) is 19.9 Å². The van der Waals surface area contributed by atoms with Crippen molar-refractivity contribution in [2.24, 2.45) is 4.99 Å². The van der Waals surface area contributed by atoms with Crippen LogP contribution in [0.5, 0.6) is 0 Å². The lowest BCUT2D eigenvalue weighted by atomic mass is 10.2. The number of aryl methyl sites for hydroxylation is 2. The molecule has 0 atom stereocenters. The van der Waals surface area contributed by atoms with E-state index in [1.54, 1.807) is 10.6 Å². The van der Waals surface area contributed by atoms with Crippen LogP contribution in [0.25, 0.3) is 16.6 Å². The molecular weight excluding hydrogens is 405 g/mol. The summed E-state index contributed by atoms with van der Waals surface area (Å²) in [5, 5.41) is 0. The van der Waals surface area contributed by atoms with Gasteiger partial charge in [-0.15, -0.1) is 0 Å². The van der Waals surface area contributed by atoms with E-state index in [1.807, 2.05) is 29.5 Å². The topological polar surface area (TPSA) is 45.2 Å². The van der Waals surface area contributed by atoms with Crippen molar-refractivity contribution in [3.05, 3.63) is 76.5 Å². The van der Waals surface area contributed by atoms with Crippen LogP contribution in [-0.4, -0.2) is 63.9 Å². The van der Waals surface area contributed by atoms with E-state index >= 15 is 0 Å². The second kappa shape index (κ2) is 8.39. The fourth-order valence-electron chi connectivity index (χ4n) is 4.74. The molecule has 0 aliphatic carbocycles. The molecule has 6 nitrogen and oxygen atoms in total. The molecular formula is C25H28FN5O. The smallest absolute Gasteiger partial charge is 0.275 e. The lowest BCUT2D eigenvalue weighted by Crippen LogP contribution is -2.48. The molecule has 0 bridgehead atoms. The Morgan fingerprint density at radius 3 is 2.53 bits per heavy atom. The largest absolute Gasteiger partial charge is 0.354 e. The maximum absolute atomic E-state index is 14.0. The number of dihydropyridines is 1. The highest BCUT2D eigenvalue weighted by Crippen LogP contribution is 2.19. The van der Waals surface area contributed by atoms with Crippen LogP contribution in [0.15, 0.2) is 64.4 Å². The van der Waals surface area contributed by atoms with Crippen LogP contribution in [0.2, 0.25) is 0 Å². The summed E-state index contributed by atoms with van der Waals surface area (Å²) in [4.78, 5) is 22.5. The number of nitrogens with zero attached hydrogens (tertiary/aromatic N) is 5. The number of aliphatic imine (C=N–C) groups is 1. The van der Waals surface area contributed by atoms with E-state index in [0.717, 1.165) is 67.3 Å². The first-order valence-electron chi connectivity index (χ1n) is 11.2. The average molecular weight is 434 g/mol. The molecule has 0 radical (unpaired) electrons. The molecule has 0 saturated carbocycles. The van der Waals surface area contributed by atoms with E-state index in [4.69, 9.17) is 0 Å². The maximum Gasteiger partial charge on any atom is 0.275 e. The first-order valence-corrected chi connectivity index (χ1v) is 11.2. The minimum Gasteiger partial charge on any atom is -0.354 e. The van der Waals surface area contributed by atoms with Crippen LogP contribution >= 0.6 is 0 Å². The van der Waals surface area contributed by atoms with Crippen LogP contribution in [0.4, 0.5) is 4.39 Å². The number of piperazine rings is 1. The molecule has 0 N–H and O–H groups in total. The van der Waals surface area contributed by atoms with E-state index in [1.165, 1.54) is 12.1 Å². The van der Waals surface area contributed by atoms with Crippen molar-refractivity contribution < 1.29 is 4.39 Å². The second-order valence-corrected chi connectivity index (χ2v) is 8.63. The van der Waals surface area contributed by atoms with Gasteiger partial charge in [0, 0.05) is 38.4 Å². The van der Waals surface area contributed by atoms with E-state index in [9.17, 15) is 9.18 Å². The molecule has 5 rings (SSSR count). The quantitative estimate of drug-likeness (QED) is 0.635. The van der Waals surface area contributed by atoms with Crippen molar-refractivity contribution >= 4 is 22.4 Å². The predicted molar refractivity (Wildman–Crippen MR) is 127 cm³/mol. The van der Waals surface area contributed by atoms with Gasteiger partial charge >= 0.3 is 0 Å². The highest BCUT2D eigenvalue weighted by Gasteiger charge is 2.19.